The number of hydrogen-bond donors (Lipinski definition) is 2. The molecule has 2 N–H and O–H groups in total. The molecule has 0 fully saturated rings. The van der Waals surface area contributed by atoms with Crippen molar-refractivity contribution < 1.29 is 24.5 Å². The summed E-state index contributed by atoms with van der Waals surface area (Å²) in [6.45, 7) is 2.38. The number of aromatic carboxylic acids is 1. The highest BCUT2D eigenvalue weighted by atomic mass is 16.5. The predicted octanol–water partition coefficient (Wildman–Crippen LogP) is 2.72. The summed E-state index contributed by atoms with van der Waals surface area (Å²) < 4.78 is 5.28. The van der Waals surface area contributed by atoms with Crippen LogP contribution in [-0.4, -0.2) is 28.6 Å². The van der Waals surface area contributed by atoms with E-state index in [9.17, 15) is 14.7 Å². The molecule has 108 valence electrons. The van der Waals surface area contributed by atoms with E-state index >= 15 is 0 Å². The second-order valence-electron chi connectivity index (χ2n) is 4.29. The lowest BCUT2D eigenvalue weighted by Gasteiger charge is -2.07. The van der Waals surface area contributed by atoms with Crippen LogP contribution in [0.1, 0.15) is 33.2 Å². The van der Waals surface area contributed by atoms with Crippen LogP contribution in [0.3, 0.4) is 0 Å². The Bertz CT molecular complexity index is 674. The van der Waals surface area contributed by atoms with E-state index in [0.717, 1.165) is 0 Å². The van der Waals surface area contributed by atoms with Crippen molar-refractivity contribution >= 4 is 11.8 Å². The minimum absolute atomic E-state index is 0.0425. The van der Waals surface area contributed by atoms with Gasteiger partial charge in [-0.15, -0.1) is 0 Å². The lowest BCUT2D eigenvalue weighted by molar-refractivity contribution is 0.0693. The Morgan fingerprint density at radius 2 is 1.67 bits per heavy atom. The molecule has 2 aromatic carbocycles. The smallest absolute Gasteiger partial charge is 0.339 e. The molecule has 0 heterocycles. The average Bonchev–Trinajstić information content (AvgIpc) is 2.47. The molecule has 21 heavy (non-hydrogen) atoms. The van der Waals surface area contributed by atoms with Gasteiger partial charge in [-0.05, 0) is 43.3 Å². The van der Waals surface area contributed by atoms with Gasteiger partial charge in [-0.1, -0.05) is 6.07 Å². The van der Waals surface area contributed by atoms with Gasteiger partial charge in [0.05, 0.1) is 12.2 Å². The third-order valence-corrected chi connectivity index (χ3v) is 2.94. The minimum atomic E-state index is -1.28. The largest absolute Gasteiger partial charge is 0.506 e. The predicted molar refractivity (Wildman–Crippen MR) is 76.1 cm³/mol. The van der Waals surface area contributed by atoms with E-state index in [4.69, 9.17) is 9.84 Å². The van der Waals surface area contributed by atoms with Crippen molar-refractivity contribution in [1.29, 1.82) is 0 Å². The van der Waals surface area contributed by atoms with E-state index < -0.39 is 17.5 Å². The first kappa shape index (κ1) is 14.6. The van der Waals surface area contributed by atoms with Crippen LogP contribution in [0.15, 0.2) is 42.5 Å². The van der Waals surface area contributed by atoms with Gasteiger partial charge in [0.2, 0.25) is 0 Å². The molecule has 2 aromatic rings. The lowest BCUT2D eigenvalue weighted by Crippen LogP contribution is -2.05. The lowest BCUT2D eigenvalue weighted by atomic mass is 10.00. The monoisotopic (exact) mass is 286 g/mol. The molecule has 0 unspecified atom stereocenters. The number of carbonyl (C=O) groups is 2. The van der Waals surface area contributed by atoms with Gasteiger partial charge in [-0.2, -0.15) is 0 Å². The van der Waals surface area contributed by atoms with Crippen LogP contribution in [0.5, 0.6) is 11.5 Å². The van der Waals surface area contributed by atoms with Gasteiger partial charge >= 0.3 is 5.97 Å². The molecule has 0 aromatic heterocycles. The number of hydrogen-bond acceptors (Lipinski definition) is 4. The van der Waals surface area contributed by atoms with Crippen LogP contribution in [0, 0.1) is 0 Å². The molecule has 0 aliphatic rings. The number of benzene rings is 2. The van der Waals surface area contributed by atoms with Crippen LogP contribution in [0.2, 0.25) is 0 Å². The fourth-order valence-corrected chi connectivity index (χ4v) is 1.92. The van der Waals surface area contributed by atoms with E-state index in [-0.39, 0.29) is 11.1 Å². The van der Waals surface area contributed by atoms with E-state index in [1.54, 1.807) is 24.3 Å². The normalized spacial score (nSPS) is 10.1. The summed E-state index contributed by atoms with van der Waals surface area (Å²) in [5.74, 6) is -1.62. The zero-order valence-corrected chi connectivity index (χ0v) is 11.4. The maximum atomic E-state index is 12.3. The number of carbonyl (C=O) groups excluding carboxylic acids is 1. The number of ketones is 1. The van der Waals surface area contributed by atoms with Crippen molar-refractivity contribution in [3.8, 4) is 11.5 Å². The number of phenols is 1. The van der Waals surface area contributed by atoms with Gasteiger partial charge < -0.3 is 14.9 Å². The second-order valence-corrected chi connectivity index (χ2v) is 4.29. The average molecular weight is 286 g/mol. The molecular weight excluding hydrogens is 272 g/mol. The quantitative estimate of drug-likeness (QED) is 0.826. The van der Waals surface area contributed by atoms with Crippen molar-refractivity contribution in [3.63, 3.8) is 0 Å². The molecule has 0 aliphatic heterocycles. The Morgan fingerprint density at radius 3 is 2.24 bits per heavy atom. The van der Waals surface area contributed by atoms with Crippen LogP contribution >= 0.6 is 0 Å². The number of rotatable bonds is 5. The fraction of sp³-hybridized carbons (Fsp3) is 0.125. The molecule has 0 bridgehead atoms. The summed E-state index contributed by atoms with van der Waals surface area (Å²) in [4.78, 5) is 23.3. The number of carboxylic acid groups (broad SMARTS) is 1. The SMILES string of the molecule is CCOc1ccc(C(=O)c2cccc(C(=O)O)c2O)cc1. The van der Waals surface area contributed by atoms with Crippen molar-refractivity contribution in [1.82, 2.24) is 0 Å². The van der Waals surface area contributed by atoms with Crippen LogP contribution in [-0.2, 0) is 0 Å². The molecule has 0 radical (unpaired) electrons. The Labute approximate surface area is 121 Å². The summed E-state index contributed by atoms with van der Waals surface area (Å²) in [6, 6.07) is 10.5. The Balaban J connectivity index is 2.36. The highest BCUT2D eigenvalue weighted by Gasteiger charge is 2.19. The highest BCUT2D eigenvalue weighted by Crippen LogP contribution is 2.25. The Morgan fingerprint density at radius 1 is 1.05 bits per heavy atom. The molecule has 0 amide bonds. The minimum Gasteiger partial charge on any atom is -0.506 e. The molecular formula is C16H14O5. The van der Waals surface area contributed by atoms with Crippen LogP contribution in [0.4, 0.5) is 0 Å². The molecule has 0 spiro atoms. The van der Waals surface area contributed by atoms with Gasteiger partial charge in [0.25, 0.3) is 0 Å². The van der Waals surface area contributed by atoms with Crippen molar-refractivity contribution in [2.24, 2.45) is 0 Å². The van der Waals surface area contributed by atoms with Crippen molar-refractivity contribution in [2.45, 2.75) is 6.92 Å². The van der Waals surface area contributed by atoms with E-state index in [2.05, 4.69) is 0 Å². The topological polar surface area (TPSA) is 83.8 Å². The van der Waals surface area contributed by atoms with Gasteiger partial charge in [0, 0.05) is 5.56 Å². The highest BCUT2D eigenvalue weighted by molar-refractivity contribution is 6.12. The molecule has 0 saturated carbocycles. The number of aromatic hydroxyl groups is 1. The number of ether oxygens (including phenoxy) is 1. The first-order valence-electron chi connectivity index (χ1n) is 6.37. The van der Waals surface area contributed by atoms with Crippen LogP contribution < -0.4 is 4.74 Å². The summed E-state index contributed by atoms with van der Waals surface area (Å²) in [7, 11) is 0. The zero-order chi connectivity index (χ0) is 15.4. The number of carboxylic acids is 1. The molecule has 5 heteroatoms. The van der Waals surface area contributed by atoms with Gasteiger partial charge in [0.1, 0.15) is 17.1 Å². The summed E-state index contributed by atoms with van der Waals surface area (Å²) in [5, 5.41) is 18.9. The van der Waals surface area contributed by atoms with E-state index in [0.29, 0.717) is 17.9 Å². The molecule has 2 rings (SSSR count). The van der Waals surface area contributed by atoms with Gasteiger partial charge in [-0.25, -0.2) is 4.79 Å². The molecule has 5 nitrogen and oxygen atoms in total. The molecule has 0 aliphatic carbocycles. The van der Waals surface area contributed by atoms with Gasteiger partial charge in [0.15, 0.2) is 5.78 Å². The zero-order valence-electron chi connectivity index (χ0n) is 11.4. The number of para-hydroxylation sites is 1. The van der Waals surface area contributed by atoms with E-state index in [1.807, 2.05) is 6.92 Å². The van der Waals surface area contributed by atoms with Gasteiger partial charge in [-0.3, -0.25) is 4.79 Å². The maximum Gasteiger partial charge on any atom is 0.339 e. The van der Waals surface area contributed by atoms with Crippen molar-refractivity contribution in [2.75, 3.05) is 6.61 Å². The second kappa shape index (κ2) is 6.09. The summed E-state index contributed by atoms with van der Waals surface area (Å²) in [6.07, 6.45) is 0. The Hall–Kier alpha value is -2.82. The third kappa shape index (κ3) is 3.02. The van der Waals surface area contributed by atoms with Crippen molar-refractivity contribution in [3.05, 3.63) is 59.2 Å². The fourth-order valence-electron chi connectivity index (χ4n) is 1.92. The first-order valence-corrected chi connectivity index (χ1v) is 6.37. The maximum absolute atomic E-state index is 12.3. The molecule has 0 atom stereocenters. The molecule has 0 saturated heterocycles. The summed E-state index contributed by atoms with van der Waals surface area (Å²) in [5.41, 5.74) is 0.00198. The Kier molecular flexibility index (Phi) is 4.23. The van der Waals surface area contributed by atoms with Crippen LogP contribution in [0.25, 0.3) is 0 Å². The summed E-state index contributed by atoms with van der Waals surface area (Å²) >= 11 is 0. The first-order chi connectivity index (χ1) is 10.0. The van der Waals surface area contributed by atoms with E-state index in [1.165, 1.54) is 18.2 Å². The third-order valence-electron chi connectivity index (χ3n) is 2.94. The standard InChI is InChI=1S/C16H14O5/c1-2-21-11-8-6-10(7-9-11)14(17)12-4-3-5-13(15(12)18)16(19)20/h3-9,18H,2H2,1H3,(H,19,20).